The summed E-state index contributed by atoms with van der Waals surface area (Å²) in [7, 11) is 0. The molecule has 2 unspecified atom stereocenters. The van der Waals surface area contributed by atoms with E-state index in [1.165, 1.54) is 24.3 Å². The predicted octanol–water partition coefficient (Wildman–Crippen LogP) is 2.26. The van der Waals surface area contributed by atoms with Gasteiger partial charge in [-0.2, -0.15) is 0 Å². The number of aliphatic hydroxyl groups is 2. The molecule has 84 valence electrons. The third kappa shape index (κ3) is 3.12. The Bertz CT molecular complexity index is 303. The molecular formula is C10H11ClF2O2. The van der Waals surface area contributed by atoms with Crippen molar-refractivity contribution in [2.75, 3.05) is 5.88 Å². The van der Waals surface area contributed by atoms with Crippen LogP contribution in [0.4, 0.5) is 8.78 Å². The van der Waals surface area contributed by atoms with E-state index < -0.39 is 18.6 Å². The van der Waals surface area contributed by atoms with Crippen LogP contribution in [0.5, 0.6) is 0 Å². The lowest BCUT2D eigenvalue weighted by Crippen LogP contribution is -2.19. The van der Waals surface area contributed by atoms with Crippen molar-refractivity contribution in [3.05, 3.63) is 35.4 Å². The minimum atomic E-state index is -2.53. The Morgan fingerprint density at radius 2 is 1.53 bits per heavy atom. The molecule has 15 heavy (non-hydrogen) atoms. The molecule has 0 saturated carbocycles. The van der Waals surface area contributed by atoms with E-state index in [1.54, 1.807) is 0 Å². The zero-order chi connectivity index (χ0) is 11.4. The summed E-state index contributed by atoms with van der Waals surface area (Å²) in [6.07, 6.45) is -4.77. The second kappa shape index (κ2) is 5.39. The van der Waals surface area contributed by atoms with Crippen LogP contribution < -0.4 is 0 Å². The zero-order valence-corrected chi connectivity index (χ0v) is 8.53. The number of aliphatic hydroxyl groups excluding tert-OH is 2. The van der Waals surface area contributed by atoms with Gasteiger partial charge in [0.15, 0.2) is 0 Å². The van der Waals surface area contributed by atoms with Gasteiger partial charge in [0.05, 0.1) is 12.0 Å². The molecule has 0 aromatic heterocycles. The first kappa shape index (κ1) is 12.4. The molecule has 0 radical (unpaired) electrons. The molecule has 2 N–H and O–H groups in total. The van der Waals surface area contributed by atoms with Crippen LogP contribution in [0.25, 0.3) is 0 Å². The van der Waals surface area contributed by atoms with Gasteiger partial charge in [0.2, 0.25) is 0 Å². The Labute approximate surface area is 91.1 Å². The van der Waals surface area contributed by atoms with E-state index in [2.05, 4.69) is 0 Å². The molecule has 1 aromatic carbocycles. The molecule has 2 atom stereocenters. The maximum absolute atomic E-state index is 12.2. The predicted molar refractivity (Wildman–Crippen MR) is 53.1 cm³/mol. The van der Waals surface area contributed by atoms with E-state index >= 15 is 0 Å². The smallest absolute Gasteiger partial charge is 0.263 e. The van der Waals surface area contributed by atoms with E-state index in [1.807, 2.05) is 0 Å². The fraction of sp³-hybridized carbons (Fsp3) is 0.400. The number of halogens is 3. The molecule has 2 nitrogen and oxygen atoms in total. The monoisotopic (exact) mass is 236 g/mol. The summed E-state index contributed by atoms with van der Waals surface area (Å²) < 4.78 is 24.4. The van der Waals surface area contributed by atoms with Gasteiger partial charge < -0.3 is 10.2 Å². The van der Waals surface area contributed by atoms with Crippen LogP contribution in [-0.2, 0) is 0 Å². The van der Waals surface area contributed by atoms with Crippen molar-refractivity contribution >= 4 is 11.6 Å². The van der Waals surface area contributed by atoms with E-state index in [0.717, 1.165) is 0 Å². The van der Waals surface area contributed by atoms with Crippen LogP contribution in [0.15, 0.2) is 24.3 Å². The SMILES string of the molecule is OC(CCl)C(O)c1ccc(C(F)F)cc1. The number of benzene rings is 1. The quantitative estimate of drug-likeness (QED) is 0.788. The molecule has 0 fully saturated rings. The Hall–Kier alpha value is -0.710. The van der Waals surface area contributed by atoms with Crippen molar-refractivity contribution in [3.63, 3.8) is 0 Å². The van der Waals surface area contributed by atoms with E-state index in [4.69, 9.17) is 11.6 Å². The highest BCUT2D eigenvalue weighted by molar-refractivity contribution is 6.18. The van der Waals surface area contributed by atoms with Gasteiger partial charge in [0.1, 0.15) is 6.10 Å². The van der Waals surface area contributed by atoms with Crippen molar-refractivity contribution in [3.8, 4) is 0 Å². The van der Waals surface area contributed by atoms with Crippen molar-refractivity contribution < 1.29 is 19.0 Å². The summed E-state index contributed by atoms with van der Waals surface area (Å²) in [6, 6.07) is 5.12. The molecule has 0 aliphatic carbocycles. The highest BCUT2D eigenvalue weighted by atomic mass is 35.5. The second-order valence-electron chi connectivity index (χ2n) is 3.13. The number of alkyl halides is 3. The molecule has 0 spiro atoms. The van der Waals surface area contributed by atoms with E-state index in [0.29, 0.717) is 5.56 Å². The third-order valence-corrected chi connectivity index (χ3v) is 2.37. The minimum Gasteiger partial charge on any atom is -0.389 e. The van der Waals surface area contributed by atoms with Crippen LogP contribution in [0.1, 0.15) is 23.7 Å². The molecular weight excluding hydrogens is 226 g/mol. The molecule has 0 aliphatic heterocycles. The lowest BCUT2D eigenvalue weighted by Gasteiger charge is -2.15. The van der Waals surface area contributed by atoms with E-state index in [-0.39, 0.29) is 11.4 Å². The van der Waals surface area contributed by atoms with Crippen LogP contribution in [0, 0.1) is 0 Å². The van der Waals surface area contributed by atoms with Gasteiger partial charge in [0.25, 0.3) is 6.43 Å². The van der Waals surface area contributed by atoms with Gasteiger partial charge in [-0.15, -0.1) is 11.6 Å². The maximum Gasteiger partial charge on any atom is 0.263 e. The summed E-state index contributed by atoms with van der Waals surface area (Å²) in [5.41, 5.74) is 0.249. The first-order chi connectivity index (χ1) is 7.06. The second-order valence-corrected chi connectivity index (χ2v) is 3.44. The summed E-state index contributed by atoms with van der Waals surface area (Å²) in [5, 5.41) is 18.7. The van der Waals surface area contributed by atoms with E-state index in [9.17, 15) is 19.0 Å². The first-order valence-corrected chi connectivity index (χ1v) is 4.89. The Kier molecular flexibility index (Phi) is 4.45. The number of hydrogen-bond acceptors (Lipinski definition) is 2. The summed E-state index contributed by atoms with van der Waals surface area (Å²) >= 11 is 5.35. The van der Waals surface area contributed by atoms with Gasteiger partial charge >= 0.3 is 0 Å². The molecule has 1 aromatic rings. The van der Waals surface area contributed by atoms with Crippen LogP contribution in [0.3, 0.4) is 0 Å². The van der Waals surface area contributed by atoms with Crippen LogP contribution in [-0.4, -0.2) is 22.2 Å². The molecule has 0 amide bonds. The zero-order valence-electron chi connectivity index (χ0n) is 7.78. The lowest BCUT2D eigenvalue weighted by molar-refractivity contribution is 0.0326. The topological polar surface area (TPSA) is 40.5 Å². The van der Waals surface area contributed by atoms with Crippen molar-refractivity contribution in [2.24, 2.45) is 0 Å². The third-order valence-electron chi connectivity index (χ3n) is 2.05. The van der Waals surface area contributed by atoms with Crippen LogP contribution in [0.2, 0.25) is 0 Å². The van der Waals surface area contributed by atoms with Gasteiger partial charge in [0, 0.05) is 5.56 Å². The van der Waals surface area contributed by atoms with Gasteiger partial charge in [-0.1, -0.05) is 24.3 Å². The van der Waals surface area contributed by atoms with Crippen molar-refractivity contribution in [1.29, 1.82) is 0 Å². The normalized spacial score (nSPS) is 15.3. The largest absolute Gasteiger partial charge is 0.389 e. The molecule has 0 bridgehead atoms. The fourth-order valence-corrected chi connectivity index (χ4v) is 1.31. The highest BCUT2D eigenvalue weighted by Gasteiger charge is 2.17. The summed E-state index contributed by atoms with van der Waals surface area (Å²) in [5.74, 6) is -0.113. The number of rotatable bonds is 4. The van der Waals surface area contributed by atoms with Crippen molar-refractivity contribution in [1.82, 2.24) is 0 Å². The van der Waals surface area contributed by atoms with Crippen molar-refractivity contribution in [2.45, 2.75) is 18.6 Å². The first-order valence-electron chi connectivity index (χ1n) is 4.36. The molecule has 0 aliphatic rings. The van der Waals surface area contributed by atoms with Gasteiger partial charge in [-0.25, -0.2) is 8.78 Å². The van der Waals surface area contributed by atoms with Gasteiger partial charge in [-0.05, 0) is 5.56 Å². The Morgan fingerprint density at radius 3 is 1.93 bits per heavy atom. The van der Waals surface area contributed by atoms with Crippen LogP contribution >= 0.6 is 11.6 Å². The summed E-state index contributed by atoms with van der Waals surface area (Å²) in [6.45, 7) is 0. The minimum absolute atomic E-state index is 0.113. The highest BCUT2D eigenvalue weighted by Crippen LogP contribution is 2.23. The molecule has 1 rings (SSSR count). The lowest BCUT2D eigenvalue weighted by atomic mass is 10.0. The molecule has 0 heterocycles. The Balaban J connectivity index is 2.79. The standard InChI is InChI=1S/C10H11ClF2O2/c11-5-8(14)9(15)6-1-3-7(4-2-6)10(12)13/h1-4,8-10,14-15H,5H2. The number of hydrogen-bond donors (Lipinski definition) is 2. The Morgan fingerprint density at radius 1 is 1.07 bits per heavy atom. The van der Waals surface area contributed by atoms with Gasteiger partial charge in [-0.3, -0.25) is 0 Å². The maximum atomic E-state index is 12.2. The molecule has 5 heteroatoms. The molecule has 0 saturated heterocycles. The average molecular weight is 237 g/mol. The summed E-state index contributed by atoms with van der Waals surface area (Å²) in [4.78, 5) is 0. The average Bonchev–Trinajstić information content (AvgIpc) is 2.27. The fourth-order valence-electron chi connectivity index (χ4n) is 1.15.